The van der Waals surface area contributed by atoms with Crippen LogP contribution < -0.4 is 0 Å². The van der Waals surface area contributed by atoms with Crippen LogP contribution in [0.5, 0.6) is 0 Å². The summed E-state index contributed by atoms with van der Waals surface area (Å²) in [6, 6.07) is 0. The summed E-state index contributed by atoms with van der Waals surface area (Å²) < 4.78 is 13.2. The van der Waals surface area contributed by atoms with Crippen LogP contribution in [-0.4, -0.2) is 31.8 Å². The highest BCUT2D eigenvalue weighted by Crippen LogP contribution is 2.02. The van der Waals surface area contributed by atoms with E-state index >= 15 is 0 Å². The molecule has 0 saturated carbocycles. The summed E-state index contributed by atoms with van der Waals surface area (Å²) >= 11 is 0. The van der Waals surface area contributed by atoms with Crippen LogP contribution in [0, 0.1) is 0 Å². The Labute approximate surface area is 53.4 Å². The molecule has 9 heavy (non-hydrogen) atoms. The molecular weight excluding hydrogens is 124 g/mol. The third-order valence-electron chi connectivity index (χ3n) is 0.849. The summed E-state index contributed by atoms with van der Waals surface area (Å²) in [6.45, 7) is 1.54. The van der Waals surface area contributed by atoms with E-state index in [9.17, 15) is 0 Å². The molecule has 1 fully saturated rings. The Hall–Kier alpha value is -0.00519. The largest absolute Gasteiger partial charge is 0.610 e. The summed E-state index contributed by atoms with van der Waals surface area (Å²) in [5, 5.41) is 17.1. The van der Waals surface area contributed by atoms with E-state index in [2.05, 4.69) is 13.7 Å². The Kier molecular flexibility index (Phi) is 2.15. The second kappa shape index (κ2) is 2.72. The van der Waals surface area contributed by atoms with Crippen molar-refractivity contribution in [1.82, 2.24) is 0 Å². The lowest BCUT2D eigenvalue weighted by Crippen LogP contribution is -2.47. The number of hydrogen-bond donors (Lipinski definition) is 2. The summed E-state index contributed by atoms with van der Waals surface area (Å²) in [6.07, 6.45) is 0. The first-order chi connectivity index (χ1) is 4.18. The van der Waals surface area contributed by atoms with E-state index in [0.29, 0.717) is 0 Å². The SMILES string of the molecule is CB1OB(O)OB(O)O1. The molecule has 8 heteroatoms. The monoisotopic (exact) mass is 130 g/mol. The molecule has 1 aliphatic heterocycles. The van der Waals surface area contributed by atoms with E-state index in [-0.39, 0.29) is 0 Å². The van der Waals surface area contributed by atoms with Gasteiger partial charge in [-0.2, -0.15) is 0 Å². The minimum Gasteiger partial charge on any atom is -0.427 e. The van der Waals surface area contributed by atoms with Gasteiger partial charge in [0.05, 0.1) is 0 Å². The van der Waals surface area contributed by atoms with Crippen LogP contribution >= 0.6 is 0 Å². The molecular formula is CH5B3O5. The molecule has 0 aromatic carbocycles. The Morgan fingerprint density at radius 3 is 1.78 bits per heavy atom. The van der Waals surface area contributed by atoms with Crippen molar-refractivity contribution in [3.05, 3.63) is 0 Å². The topological polar surface area (TPSA) is 68.2 Å². The van der Waals surface area contributed by atoms with Crippen molar-refractivity contribution in [3.8, 4) is 0 Å². The fourth-order valence-corrected chi connectivity index (χ4v) is 0.524. The average Bonchev–Trinajstić information content (AvgIpc) is 1.59. The molecule has 0 aromatic heterocycles. The van der Waals surface area contributed by atoms with Gasteiger partial charge >= 0.3 is 21.8 Å². The fourth-order valence-electron chi connectivity index (χ4n) is 0.524. The Morgan fingerprint density at radius 2 is 1.44 bits per heavy atom. The fraction of sp³-hybridized carbons (Fsp3) is 1.00. The zero-order chi connectivity index (χ0) is 6.85. The van der Waals surface area contributed by atoms with Gasteiger partial charge in [-0.3, -0.25) is 0 Å². The minimum atomic E-state index is -1.39. The Balaban J connectivity index is 2.34. The van der Waals surface area contributed by atoms with Gasteiger partial charge < -0.3 is 23.8 Å². The second-order valence-electron chi connectivity index (χ2n) is 1.59. The van der Waals surface area contributed by atoms with Crippen molar-refractivity contribution in [2.24, 2.45) is 0 Å². The lowest BCUT2D eigenvalue weighted by molar-refractivity contribution is 0.171. The van der Waals surface area contributed by atoms with Crippen molar-refractivity contribution in [2.45, 2.75) is 6.82 Å². The molecule has 1 aliphatic rings. The van der Waals surface area contributed by atoms with Crippen molar-refractivity contribution < 1.29 is 23.8 Å². The van der Waals surface area contributed by atoms with Gasteiger partial charge in [0.25, 0.3) is 0 Å². The van der Waals surface area contributed by atoms with Crippen LogP contribution in [0.3, 0.4) is 0 Å². The third kappa shape index (κ3) is 2.00. The summed E-state index contributed by atoms with van der Waals surface area (Å²) in [4.78, 5) is 0. The van der Waals surface area contributed by atoms with Gasteiger partial charge in [-0.15, -0.1) is 0 Å². The molecule has 0 spiro atoms. The second-order valence-corrected chi connectivity index (χ2v) is 1.59. The van der Waals surface area contributed by atoms with Crippen molar-refractivity contribution in [2.75, 3.05) is 0 Å². The van der Waals surface area contributed by atoms with Gasteiger partial charge in [0.15, 0.2) is 0 Å². The predicted octanol–water partition coefficient (Wildman–Crippen LogP) is -1.88. The van der Waals surface area contributed by atoms with Gasteiger partial charge in [0.1, 0.15) is 0 Å². The molecule has 1 heterocycles. The minimum absolute atomic E-state index is 0.635. The van der Waals surface area contributed by atoms with Crippen molar-refractivity contribution in [3.63, 3.8) is 0 Å². The van der Waals surface area contributed by atoms with Gasteiger partial charge in [0.2, 0.25) is 0 Å². The van der Waals surface area contributed by atoms with Gasteiger partial charge in [-0.1, -0.05) is 0 Å². The zero-order valence-corrected chi connectivity index (χ0v) is 4.85. The molecule has 48 valence electrons. The molecule has 0 aromatic rings. The first-order valence-electron chi connectivity index (χ1n) is 2.51. The van der Waals surface area contributed by atoms with Crippen LogP contribution in [0.1, 0.15) is 0 Å². The van der Waals surface area contributed by atoms with Gasteiger partial charge in [-0.25, -0.2) is 0 Å². The van der Waals surface area contributed by atoms with Crippen LogP contribution in [0.25, 0.3) is 0 Å². The molecule has 0 unspecified atom stereocenters. The maximum atomic E-state index is 8.57. The van der Waals surface area contributed by atoms with E-state index in [1.165, 1.54) is 6.82 Å². The Morgan fingerprint density at radius 1 is 1.00 bits per heavy atom. The van der Waals surface area contributed by atoms with Crippen LogP contribution in [0.15, 0.2) is 0 Å². The van der Waals surface area contributed by atoms with Crippen molar-refractivity contribution >= 4 is 21.8 Å². The molecule has 1 rings (SSSR count). The maximum Gasteiger partial charge on any atom is 0.610 e. The predicted molar refractivity (Wildman–Crippen MR) is 30.8 cm³/mol. The lowest BCUT2D eigenvalue weighted by atomic mass is 9.85. The highest BCUT2D eigenvalue weighted by molar-refractivity contribution is 6.67. The first kappa shape index (κ1) is 7.11. The van der Waals surface area contributed by atoms with Gasteiger partial charge in [-0.05, 0) is 6.82 Å². The normalized spacial score (nSPS) is 21.0. The van der Waals surface area contributed by atoms with Crippen molar-refractivity contribution in [1.29, 1.82) is 0 Å². The molecule has 0 radical (unpaired) electrons. The highest BCUT2D eigenvalue weighted by atomic mass is 16.8. The molecule has 2 N–H and O–H groups in total. The number of hydrogen-bond acceptors (Lipinski definition) is 5. The van der Waals surface area contributed by atoms with E-state index < -0.39 is 21.8 Å². The first-order valence-corrected chi connectivity index (χ1v) is 2.51. The Bertz CT molecular complexity index is 73.2. The third-order valence-corrected chi connectivity index (χ3v) is 0.849. The zero-order valence-electron chi connectivity index (χ0n) is 4.85. The smallest absolute Gasteiger partial charge is 0.427 e. The summed E-state index contributed by atoms with van der Waals surface area (Å²) in [7, 11) is -3.41. The molecule has 0 bridgehead atoms. The molecule has 0 atom stereocenters. The van der Waals surface area contributed by atoms with Crippen LogP contribution in [-0.2, 0) is 13.7 Å². The highest BCUT2D eigenvalue weighted by Gasteiger charge is 2.37. The maximum absolute atomic E-state index is 8.57. The quantitative estimate of drug-likeness (QED) is 0.375. The molecule has 0 aliphatic carbocycles. The lowest BCUT2D eigenvalue weighted by Gasteiger charge is -2.21. The van der Waals surface area contributed by atoms with E-state index in [1.54, 1.807) is 0 Å². The van der Waals surface area contributed by atoms with E-state index in [1.807, 2.05) is 0 Å². The standard InChI is InChI=1S/CH5B3O5/c1-2-7-3(5)9-4(6)8-2/h5-6H,1H3. The van der Waals surface area contributed by atoms with E-state index in [0.717, 1.165) is 0 Å². The van der Waals surface area contributed by atoms with E-state index in [4.69, 9.17) is 10.0 Å². The van der Waals surface area contributed by atoms with Crippen LogP contribution in [0.2, 0.25) is 6.82 Å². The molecule has 0 amide bonds. The average molecular weight is 129 g/mol. The van der Waals surface area contributed by atoms with Gasteiger partial charge in [0, 0.05) is 0 Å². The molecule has 1 saturated heterocycles. The summed E-state index contributed by atoms with van der Waals surface area (Å²) in [5.41, 5.74) is 0. The molecule has 5 nitrogen and oxygen atoms in total. The van der Waals surface area contributed by atoms with Crippen LogP contribution in [0.4, 0.5) is 0 Å². The number of rotatable bonds is 0. The summed E-state index contributed by atoms with van der Waals surface area (Å²) in [5.74, 6) is 0.